The standard InChI is InChI=1S/C13H17F3N2O/c1-18(9-10-5-2-3-8-19-10)12-11(13(14,15)16)6-4-7-17-12/h4,6-7,10H,2-3,5,8-9H2,1H3. The van der Waals surface area contributed by atoms with E-state index >= 15 is 0 Å². The van der Waals surface area contributed by atoms with Crippen molar-refractivity contribution in [2.45, 2.75) is 31.5 Å². The summed E-state index contributed by atoms with van der Waals surface area (Å²) in [6, 6.07) is 2.36. The maximum atomic E-state index is 12.9. The Balaban J connectivity index is 2.12. The van der Waals surface area contributed by atoms with Gasteiger partial charge in [0.25, 0.3) is 0 Å². The van der Waals surface area contributed by atoms with Gasteiger partial charge in [-0.3, -0.25) is 0 Å². The van der Waals surface area contributed by atoms with Crippen LogP contribution in [0.3, 0.4) is 0 Å². The van der Waals surface area contributed by atoms with Crippen molar-refractivity contribution in [3.8, 4) is 0 Å². The first kappa shape index (κ1) is 14.1. The second-order valence-corrected chi connectivity index (χ2v) is 4.74. The first-order valence-corrected chi connectivity index (χ1v) is 6.33. The van der Waals surface area contributed by atoms with Gasteiger partial charge in [0.2, 0.25) is 0 Å². The number of halogens is 3. The van der Waals surface area contributed by atoms with Gasteiger partial charge in [-0.05, 0) is 31.4 Å². The van der Waals surface area contributed by atoms with E-state index in [1.807, 2.05) is 0 Å². The molecule has 0 aromatic carbocycles. The number of alkyl halides is 3. The Bertz CT molecular complexity index is 417. The van der Waals surface area contributed by atoms with Gasteiger partial charge in [-0.2, -0.15) is 13.2 Å². The Hall–Kier alpha value is -1.30. The van der Waals surface area contributed by atoms with E-state index in [9.17, 15) is 13.2 Å². The van der Waals surface area contributed by atoms with Crippen LogP contribution in [0, 0.1) is 0 Å². The smallest absolute Gasteiger partial charge is 0.376 e. The Morgan fingerprint density at radius 2 is 2.21 bits per heavy atom. The molecule has 1 atom stereocenters. The fourth-order valence-corrected chi connectivity index (χ4v) is 2.27. The van der Waals surface area contributed by atoms with Crippen molar-refractivity contribution in [3.05, 3.63) is 23.9 Å². The van der Waals surface area contributed by atoms with E-state index in [1.165, 1.54) is 17.2 Å². The van der Waals surface area contributed by atoms with Crippen molar-refractivity contribution in [2.75, 3.05) is 25.1 Å². The van der Waals surface area contributed by atoms with Crippen LogP contribution in [0.2, 0.25) is 0 Å². The fraction of sp³-hybridized carbons (Fsp3) is 0.615. The van der Waals surface area contributed by atoms with Gasteiger partial charge in [-0.15, -0.1) is 0 Å². The van der Waals surface area contributed by atoms with Gasteiger partial charge in [0.05, 0.1) is 11.7 Å². The summed E-state index contributed by atoms with van der Waals surface area (Å²) in [7, 11) is 1.62. The maximum absolute atomic E-state index is 12.9. The highest BCUT2D eigenvalue weighted by Gasteiger charge is 2.35. The number of aromatic nitrogens is 1. The summed E-state index contributed by atoms with van der Waals surface area (Å²) in [5.74, 6) is -0.0378. The van der Waals surface area contributed by atoms with Crippen LogP contribution in [0.1, 0.15) is 24.8 Å². The van der Waals surface area contributed by atoms with Crippen molar-refractivity contribution in [1.29, 1.82) is 0 Å². The molecule has 106 valence electrons. The van der Waals surface area contributed by atoms with Gasteiger partial charge in [-0.1, -0.05) is 0 Å². The zero-order valence-corrected chi connectivity index (χ0v) is 10.8. The highest BCUT2D eigenvalue weighted by atomic mass is 19.4. The van der Waals surface area contributed by atoms with Crippen LogP contribution in [-0.4, -0.2) is 31.3 Å². The number of hydrogen-bond acceptors (Lipinski definition) is 3. The molecule has 2 heterocycles. The summed E-state index contributed by atoms with van der Waals surface area (Å²) in [4.78, 5) is 5.39. The molecular weight excluding hydrogens is 257 g/mol. The molecule has 1 saturated heterocycles. The summed E-state index contributed by atoms with van der Waals surface area (Å²) >= 11 is 0. The molecule has 2 rings (SSSR count). The minimum Gasteiger partial charge on any atom is -0.376 e. The second kappa shape index (κ2) is 5.77. The highest BCUT2D eigenvalue weighted by Crippen LogP contribution is 2.34. The molecule has 1 aromatic heterocycles. The highest BCUT2D eigenvalue weighted by molar-refractivity contribution is 5.47. The molecule has 0 spiro atoms. The van der Waals surface area contributed by atoms with E-state index in [0.717, 1.165) is 25.3 Å². The van der Waals surface area contributed by atoms with Gasteiger partial charge in [0.15, 0.2) is 0 Å². The minimum atomic E-state index is -4.38. The molecule has 19 heavy (non-hydrogen) atoms. The summed E-state index contributed by atoms with van der Waals surface area (Å²) in [6.45, 7) is 1.12. The van der Waals surface area contributed by atoms with Crippen LogP contribution < -0.4 is 4.90 Å². The predicted molar refractivity (Wildman–Crippen MR) is 66.1 cm³/mol. The van der Waals surface area contributed by atoms with Crippen LogP contribution in [0.5, 0.6) is 0 Å². The number of nitrogens with zero attached hydrogens (tertiary/aromatic N) is 2. The largest absolute Gasteiger partial charge is 0.419 e. The third-order valence-electron chi connectivity index (χ3n) is 3.21. The first-order valence-electron chi connectivity index (χ1n) is 6.33. The van der Waals surface area contributed by atoms with Gasteiger partial charge in [0.1, 0.15) is 5.82 Å². The quantitative estimate of drug-likeness (QED) is 0.847. The van der Waals surface area contributed by atoms with Gasteiger partial charge >= 0.3 is 6.18 Å². The average Bonchev–Trinajstić information content (AvgIpc) is 2.39. The van der Waals surface area contributed by atoms with Crippen LogP contribution in [0.4, 0.5) is 19.0 Å². The molecular formula is C13H17F3N2O. The Labute approximate surface area is 110 Å². The number of likely N-dealkylation sites (N-methyl/N-ethyl adjacent to an activating group) is 1. The lowest BCUT2D eigenvalue weighted by Crippen LogP contribution is -2.34. The lowest BCUT2D eigenvalue weighted by Gasteiger charge is -2.29. The van der Waals surface area contributed by atoms with Crippen molar-refractivity contribution >= 4 is 5.82 Å². The van der Waals surface area contributed by atoms with E-state index in [4.69, 9.17) is 4.74 Å². The third kappa shape index (κ3) is 3.59. The summed E-state index contributed by atoms with van der Waals surface area (Å²) in [5.41, 5.74) is -0.701. The Kier molecular flexibility index (Phi) is 4.29. The number of hydrogen-bond donors (Lipinski definition) is 0. The lowest BCUT2D eigenvalue weighted by atomic mass is 10.1. The zero-order valence-electron chi connectivity index (χ0n) is 10.8. The first-order chi connectivity index (χ1) is 8.98. The monoisotopic (exact) mass is 274 g/mol. The van der Waals surface area contributed by atoms with E-state index in [2.05, 4.69) is 4.98 Å². The number of anilines is 1. The van der Waals surface area contributed by atoms with E-state index in [1.54, 1.807) is 7.05 Å². The molecule has 0 radical (unpaired) electrons. The van der Waals surface area contributed by atoms with Crippen molar-refractivity contribution in [1.82, 2.24) is 4.98 Å². The van der Waals surface area contributed by atoms with Crippen LogP contribution in [-0.2, 0) is 10.9 Å². The zero-order chi connectivity index (χ0) is 13.9. The topological polar surface area (TPSA) is 25.4 Å². The lowest BCUT2D eigenvalue weighted by molar-refractivity contribution is -0.137. The minimum absolute atomic E-state index is 0.0122. The Morgan fingerprint density at radius 3 is 2.84 bits per heavy atom. The molecule has 1 fully saturated rings. The summed E-state index contributed by atoms with van der Waals surface area (Å²) < 4.78 is 44.2. The molecule has 0 bridgehead atoms. The molecule has 1 aromatic rings. The van der Waals surface area contributed by atoms with Crippen LogP contribution in [0.25, 0.3) is 0 Å². The SMILES string of the molecule is CN(CC1CCCCO1)c1ncccc1C(F)(F)F. The van der Waals surface area contributed by atoms with Gasteiger partial charge in [0, 0.05) is 26.4 Å². The maximum Gasteiger partial charge on any atom is 0.419 e. The number of pyridine rings is 1. The fourth-order valence-electron chi connectivity index (χ4n) is 2.27. The predicted octanol–water partition coefficient (Wildman–Crippen LogP) is 3.11. The van der Waals surface area contributed by atoms with Crippen LogP contribution in [0.15, 0.2) is 18.3 Å². The van der Waals surface area contributed by atoms with Crippen molar-refractivity contribution < 1.29 is 17.9 Å². The van der Waals surface area contributed by atoms with Crippen molar-refractivity contribution in [3.63, 3.8) is 0 Å². The molecule has 1 aliphatic heterocycles. The second-order valence-electron chi connectivity index (χ2n) is 4.74. The molecule has 1 unspecified atom stereocenters. The molecule has 6 heteroatoms. The van der Waals surface area contributed by atoms with Gasteiger partial charge < -0.3 is 9.64 Å². The van der Waals surface area contributed by atoms with Gasteiger partial charge in [-0.25, -0.2) is 4.98 Å². The third-order valence-corrected chi connectivity index (χ3v) is 3.21. The van der Waals surface area contributed by atoms with Crippen molar-refractivity contribution in [2.24, 2.45) is 0 Å². The molecule has 0 saturated carbocycles. The number of ether oxygens (including phenoxy) is 1. The summed E-state index contributed by atoms with van der Waals surface area (Å²) in [6.07, 6.45) is -0.0429. The van der Waals surface area contributed by atoms with Crippen LogP contribution >= 0.6 is 0 Å². The summed E-state index contributed by atoms with van der Waals surface area (Å²) in [5, 5.41) is 0. The van der Waals surface area contributed by atoms with E-state index in [0.29, 0.717) is 13.2 Å². The average molecular weight is 274 g/mol. The van der Waals surface area contributed by atoms with E-state index < -0.39 is 11.7 Å². The molecule has 1 aliphatic rings. The molecule has 0 N–H and O–H groups in total. The van der Waals surface area contributed by atoms with E-state index in [-0.39, 0.29) is 11.9 Å². The Morgan fingerprint density at radius 1 is 1.42 bits per heavy atom. The normalized spacial score (nSPS) is 20.3. The molecule has 3 nitrogen and oxygen atoms in total. The number of rotatable bonds is 3. The molecule has 0 aliphatic carbocycles. The molecule has 0 amide bonds.